The Morgan fingerprint density at radius 2 is 1.80 bits per heavy atom. The van der Waals surface area contributed by atoms with Crippen LogP contribution in [-0.4, -0.2) is 58.1 Å². The van der Waals surface area contributed by atoms with Gasteiger partial charge in [-0.2, -0.15) is 4.99 Å². The predicted octanol–water partition coefficient (Wildman–Crippen LogP) is 6.30. The number of nitrogens with one attached hydrogen (secondary N) is 1. The van der Waals surface area contributed by atoms with E-state index in [1.807, 2.05) is 51.0 Å². The molecule has 0 spiro atoms. The van der Waals surface area contributed by atoms with Crippen LogP contribution < -0.4 is 20.0 Å². The van der Waals surface area contributed by atoms with E-state index in [9.17, 15) is 22.8 Å². The number of anilines is 2. The highest BCUT2D eigenvalue weighted by Gasteiger charge is 2.33. The van der Waals surface area contributed by atoms with Gasteiger partial charge in [0.15, 0.2) is 11.0 Å². The number of aromatic nitrogens is 3. The van der Waals surface area contributed by atoms with Crippen LogP contribution in [0, 0.1) is 0 Å². The van der Waals surface area contributed by atoms with E-state index in [-0.39, 0.29) is 35.1 Å². The molecule has 0 bridgehead atoms. The summed E-state index contributed by atoms with van der Waals surface area (Å²) in [6, 6.07) is 17.5. The molecule has 0 saturated carbocycles. The molecule has 46 heavy (non-hydrogen) atoms. The molecule has 3 aromatic carbocycles. The summed E-state index contributed by atoms with van der Waals surface area (Å²) in [5.74, 6) is 0.210. The third kappa shape index (κ3) is 7.84. The van der Waals surface area contributed by atoms with Crippen LogP contribution in [0.3, 0.4) is 0 Å². The van der Waals surface area contributed by atoms with E-state index in [1.165, 1.54) is 51.9 Å². The van der Waals surface area contributed by atoms with Gasteiger partial charge in [0.2, 0.25) is 5.91 Å². The van der Waals surface area contributed by atoms with Gasteiger partial charge in [-0.3, -0.25) is 14.5 Å². The van der Waals surface area contributed by atoms with Crippen molar-refractivity contribution >= 4 is 40.2 Å². The zero-order valence-corrected chi connectivity index (χ0v) is 26.1. The number of rotatable bonds is 9. The molecule has 1 aromatic heterocycles. The molecule has 1 aliphatic heterocycles. The summed E-state index contributed by atoms with van der Waals surface area (Å²) in [7, 11) is 3.83. The number of carbonyl (C=O) groups excluding carboxylic acids is 2. The number of halogens is 3. The first-order chi connectivity index (χ1) is 21.9. The van der Waals surface area contributed by atoms with Crippen molar-refractivity contribution in [3.8, 4) is 22.8 Å². The van der Waals surface area contributed by atoms with Crippen LogP contribution in [0.5, 0.6) is 5.75 Å². The molecule has 2 heterocycles. The highest BCUT2D eigenvalue weighted by Crippen LogP contribution is 2.36. The van der Waals surface area contributed by atoms with Crippen LogP contribution in [0.25, 0.3) is 17.1 Å². The van der Waals surface area contributed by atoms with Crippen molar-refractivity contribution in [2.24, 2.45) is 4.99 Å². The Labute approximate surface area is 267 Å². The van der Waals surface area contributed by atoms with E-state index in [1.54, 1.807) is 24.3 Å². The molecule has 3 amide bonds. The number of nitrogens with zero attached hydrogens (tertiary/aromatic N) is 6. The third-order valence-electron chi connectivity index (χ3n) is 6.79. The second kappa shape index (κ2) is 13.6. The largest absolute Gasteiger partial charge is 0.573 e. The monoisotopic (exact) mass is 653 g/mol. The maximum absolute atomic E-state index is 12.9. The number of hydrogen-bond donors (Lipinski definition) is 1. The minimum atomic E-state index is -4.77. The lowest BCUT2D eigenvalue weighted by Gasteiger charge is -2.24. The van der Waals surface area contributed by atoms with Gasteiger partial charge < -0.3 is 9.64 Å². The second-order valence-electron chi connectivity index (χ2n) is 10.7. The molecule has 240 valence electrons. The van der Waals surface area contributed by atoms with Gasteiger partial charge in [0, 0.05) is 25.3 Å². The van der Waals surface area contributed by atoms with Gasteiger partial charge in [0.1, 0.15) is 12.1 Å². The minimum Gasteiger partial charge on any atom is -0.406 e. The lowest BCUT2D eigenvalue weighted by molar-refractivity contribution is -0.274. The zero-order valence-electron chi connectivity index (χ0n) is 25.3. The third-order valence-corrected chi connectivity index (χ3v) is 7.72. The molecule has 0 aliphatic carbocycles. The van der Waals surface area contributed by atoms with Crippen LogP contribution in [-0.2, 0) is 16.2 Å². The summed E-state index contributed by atoms with van der Waals surface area (Å²) in [6.07, 6.45) is -3.32. The number of urea groups is 1. The first-order valence-corrected chi connectivity index (χ1v) is 15.0. The summed E-state index contributed by atoms with van der Waals surface area (Å²) in [4.78, 5) is 42.7. The smallest absolute Gasteiger partial charge is 0.406 e. The van der Waals surface area contributed by atoms with E-state index in [2.05, 4.69) is 25.3 Å². The van der Waals surface area contributed by atoms with Crippen molar-refractivity contribution < 1.29 is 32.3 Å². The van der Waals surface area contributed by atoms with Gasteiger partial charge in [0.25, 0.3) is 0 Å². The molecule has 15 heteroatoms. The molecular weight excluding hydrogens is 623 g/mol. The molecule has 1 N–H and O–H groups in total. The Morgan fingerprint density at radius 1 is 1.09 bits per heavy atom. The first kappa shape index (κ1) is 32.5. The lowest BCUT2D eigenvalue weighted by atomic mass is 9.99. The number of thioether (sulfide) groups is 1. The van der Waals surface area contributed by atoms with E-state index >= 15 is 0 Å². The fourth-order valence-electron chi connectivity index (χ4n) is 4.53. The maximum atomic E-state index is 12.9. The minimum absolute atomic E-state index is 0.0449. The zero-order chi connectivity index (χ0) is 33.0. The molecule has 1 saturated heterocycles. The molecule has 1 fully saturated rings. The maximum Gasteiger partial charge on any atom is 0.573 e. The molecule has 4 aromatic rings. The number of alkyl halides is 3. The summed E-state index contributed by atoms with van der Waals surface area (Å²) in [6.45, 7) is 4.12. The number of carbonyl (C=O) groups is 2. The van der Waals surface area contributed by atoms with Crippen molar-refractivity contribution in [2.75, 3.05) is 29.6 Å². The number of amides is 3. The van der Waals surface area contributed by atoms with Gasteiger partial charge in [-0.1, -0.05) is 55.9 Å². The Morgan fingerprint density at radius 3 is 2.46 bits per heavy atom. The number of hydrogen-bond acceptors (Lipinski definition) is 8. The van der Waals surface area contributed by atoms with Gasteiger partial charge in [-0.15, -0.1) is 18.3 Å². The van der Waals surface area contributed by atoms with Crippen LogP contribution in [0.2, 0.25) is 0 Å². The summed E-state index contributed by atoms with van der Waals surface area (Å²) in [5.41, 5.74) is 6.82. The normalized spacial score (nSPS) is 14.3. The van der Waals surface area contributed by atoms with Crippen LogP contribution in [0.15, 0.2) is 78.0 Å². The predicted molar refractivity (Wildman–Crippen MR) is 169 cm³/mol. The summed E-state index contributed by atoms with van der Waals surface area (Å²) < 4.78 is 42.5. The number of hydroxylamine groups is 1. The van der Waals surface area contributed by atoms with Crippen molar-refractivity contribution in [3.05, 3.63) is 84.2 Å². The Kier molecular flexibility index (Phi) is 9.63. The number of benzene rings is 3. The molecule has 11 nitrogen and oxygen atoms in total. The van der Waals surface area contributed by atoms with E-state index in [0.29, 0.717) is 22.8 Å². The molecule has 0 radical (unpaired) electrons. The van der Waals surface area contributed by atoms with Gasteiger partial charge in [-0.05, 0) is 53.4 Å². The molecule has 0 atom stereocenters. The Hall–Kier alpha value is -4.89. The molecule has 5 rings (SSSR count). The quantitative estimate of drug-likeness (QED) is 0.210. The van der Waals surface area contributed by atoms with E-state index in [0.717, 1.165) is 16.8 Å². The van der Waals surface area contributed by atoms with Crippen molar-refractivity contribution in [1.29, 1.82) is 0 Å². The van der Waals surface area contributed by atoms with Crippen LogP contribution in [0.1, 0.15) is 30.9 Å². The number of ether oxygens (including phenoxy) is 1. The molecule has 0 unspecified atom stereocenters. The highest BCUT2D eigenvalue weighted by molar-refractivity contribution is 8.15. The first-order valence-electron chi connectivity index (χ1n) is 14.0. The summed E-state index contributed by atoms with van der Waals surface area (Å²) in [5, 5.41) is 4.66. The number of amidine groups is 1. The highest BCUT2D eigenvalue weighted by atomic mass is 32.2. The lowest BCUT2D eigenvalue weighted by Crippen LogP contribution is -2.32. The Balaban J connectivity index is 1.19. The van der Waals surface area contributed by atoms with E-state index in [4.69, 9.17) is 4.84 Å². The molecule has 1 aliphatic rings. The average Bonchev–Trinajstić information content (AvgIpc) is 3.64. The van der Waals surface area contributed by atoms with Crippen molar-refractivity contribution in [2.45, 2.75) is 32.7 Å². The SMILES string of the molecule is CC(C)c1ccc(N(C)C)cc1N1C(=O)CS/C1=N\C(=O)NOCc1ccc(-c2ncn(-c3ccc(OC(F)(F)F)cc3)n2)cc1. The number of aliphatic imine (C=N–C) groups is 1. The van der Waals surface area contributed by atoms with Gasteiger partial charge in [-0.25, -0.2) is 19.9 Å². The standard InChI is InChI=1S/C31H30F3N7O4S/c1-19(2)25-14-11-23(39(3)4)15-26(25)41-27(42)17-46-30(41)36-29(43)38-44-16-20-5-7-21(8-6-20)28-35-18-40(37-28)22-9-12-24(13-10-22)45-31(32,33)34/h5-15,18-19H,16-17H2,1-4H3,(H,38,43)/b36-30-. The summed E-state index contributed by atoms with van der Waals surface area (Å²) >= 11 is 1.18. The fourth-order valence-corrected chi connectivity index (χ4v) is 5.39. The average molecular weight is 654 g/mol. The topological polar surface area (TPSA) is 114 Å². The Bertz CT molecular complexity index is 1740. The fraction of sp³-hybridized carbons (Fsp3) is 0.258. The van der Waals surface area contributed by atoms with E-state index < -0.39 is 12.4 Å². The van der Waals surface area contributed by atoms with Crippen molar-refractivity contribution in [3.63, 3.8) is 0 Å². The van der Waals surface area contributed by atoms with Gasteiger partial charge in [0.05, 0.1) is 23.7 Å². The van der Waals surface area contributed by atoms with Crippen LogP contribution in [0.4, 0.5) is 29.3 Å². The van der Waals surface area contributed by atoms with Gasteiger partial charge >= 0.3 is 12.4 Å². The second-order valence-corrected chi connectivity index (χ2v) is 11.6. The molecular formula is C31H30F3N7O4S. The van der Waals surface area contributed by atoms with Crippen LogP contribution >= 0.6 is 11.8 Å². The van der Waals surface area contributed by atoms with Crippen molar-refractivity contribution in [1.82, 2.24) is 20.2 Å².